The lowest BCUT2D eigenvalue weighted by Gasteiger charge is -2.10. The molecule has 0 spiro atoms. The van der Waals surface area contributed by atoms with Crippen LogP contribution in [-0.2, 0) is 11.2 Å². The van der Waals surface area contributed by atoms with E-state index in [1.54, 1.807) is 6.20 Å². The van der Waals surface area contributed by atoms with E-state index in [4.69, 9.17) is 11.6 Å². The number of benzene rings is 2. The molecule has 0 radical (unpaired) electrons. The van der Waals surface area contributed by atoms with Gasteiger partial charge >= 0.3 is 0 Å². The number of halogens is 1. The van der Waals surface area contributed by atoms with Gasteiger partial charge in [0.2, 0.25) is 5.91 Å². The van der Waals surface area contributed by atoms with Gasteiger partial charge < -0.3 is 5.32 Å². The fraction of sp³-hybridized carbons (Fsp3) is 0.158. The topological polar surface area (TPSA) is 42.0 Å². The van der Waals surface area contributed by atoms with Crippen molar-refractivity contribution in [1.29, 1.82) is 0 Å². The van der Waals surface area contributed by atoms with Crippen LogP contribution in [0.15, 0.2) is 54.7 Å². The van der Waals surface area contributed by atoms with Gasteiger partial charge in [0.05, 0.1) is 11.2 Å². The molecule has 0 saturated heterocycles. The molecular weight excluding hydrogens is 308 g/mol. The SMILES string of the molecule is Cc1c(Cl)ccc2c(NC(=O)CCc3ccccc3)ccnc12. The van der Waals surface area contributed by atoms with Crippen LogP contribution in [0.4, 0.5) is 5.69 Å². The molecule has 0 unspecified atom stereocenters. The first-order valence-electron chi connectivity index (χ1n) is 7.53. The van der Waals surface area contributed by atoms with Gasteiger partial charge in [-0.05, 0) is 42.7 Å². The smallest absolute Gasteiger partial charge is 0.224 e. The third-order valence-electron chi connectivity index (χ3n) is 3.86. The first-order valence-corrected chi connectivity index (χ1v) is 7.90. The molecule has 2 aromatic carbocycles. The van der Waals surface area contributed by atoms with E-state index in [0.29, 0.717) is 11.4 Å². The van der Waals surface area contributed by atoms with Crippen LogP contribution in [0.3, 0.4) is 0 Å². The van der Waals surface area contributed by atoms with Crippen molar-refractivity contribution in [2.24, 2.45) is 0 Å². The Morgan fingerprint density at radius 2 is 1.91 bits per heavy atom. The van der Waals surface area contributed by atoms with Crippen molar-refractivity contribution in [3.05, 3.63) is 70.9 Å². The van der Waals surface area contributed by atoms with Crippen LogP contribution in [0, 0.1) is 6.92 Å². The Labute approximate surface area is 140 Å². The largest absolute Gasteiger partial charge is 0.325 e. The summed E-state index contributed by atoms with van der Waals surface area (Å²) in [4.78, 5) is 16.6. The molecule has 0 aliphatic carbocycles. The summed E-state index contributed by atoms with van der Waals surface area (Å²) in [5, 5.41) is 4.56. The number of carbonyl (C=O) groups is 1. The Kier molecular flexibility index (Phi) is 4.58. The number of aromatic nitrogens is 1. The number of pyridine rings is 1. The Morgan fingerprint density at radius 3 is 2.70 bits per heavy atom. The monoisotopic (exact) mass is 324 g/mol. The number of aryl methyl sites for hydroxylation is 2. The molecule has 3 nitrogen and oxygen atoms in total. The van der Waals surface area contributed by atoms with Crippen LogP contribution < -0.4 is 5.32 Å². The van der Waals surface area contributed by atoms with Crippen LogP contribution in [0.5, 0.6) is 0 Å². The zero-order chi connectivity index (χ0) is 16.2. The molecule has 3 rings (SSSR count). The number of anilines is 1. The van der Waals surface area contributed by atoms with Crippen molar-refractivity contribution < 1.29 is 4.79 Å². The molecule has 3 aromatic rings. The number of hydrogen-bond donors (Lipinski definition) is 1. The molecule has 4 heteroatoms. The Morgan fingerprint density at radius 1 is 1.13 bits per heavy atom. The third-order valence-corrected chi connectivity index (χ3v) is 4.27. The van der Waals surface area contributed by atoms with Crippen molar-refractivity contribution in [2.45, 2.75) is 19.8 Å². The minimum Gasteiger partial charge on any atom is -0.325 e. The van der Waals surface area contributed by atoms with Crippen molar-refractivity contribution >= 4 is 34.1 Å². The number of rotatable bonds is 4. The van der Waals surface area contributed by atoms with Crippen LogP contribution in [0.1, 0.15) is 17.5 Å². The zero-order valence-electron chi connectivity index (χ0n) is 12.8. The average molecular weight is 325 g/mol. The van der Waals surface area contributed by atoms with Gasteiger partial charge in [-0.3, -0.25) is 9.78 Å². The second kappa shape index (κ2) is 6.80. The molecule has 0 fully saturated rings. The molecule has 0 saturated carbocycles. The lowest BCUT2D eigenvalue weighted by molar-refractivity contribution is -0.116. The number of nitrogens with zero attached hydrogens (tertiary/aromatic N) is 1. The molecule has 1 amide bonds. The fourth-order valence-electron chi connectivity index (χ4n) is 2.56. The Bertz CT molecular complexity index is 847. The minimum absolute atomic E-state index is 0.00560. The van der Waals surface area contributed by atoms with E-state index >= 15 is 0 Å². The summed E-state index contributed by atoms with van der Waals surface area (Å²) in [6, 6.07) is 15.5. The molecule has 23 heavy (non-hydrogen) atoms. The van der Waals surface area contributed by atoms with Gasteiger partial charge in [0.25, 0.3) is 0 Å². The van der Waals surface area contributed by atoms with E-state index in [2.05, 4.69) is 10.3 Å². The molecule has 0 bridgehead atoms. The number of carbonyl (C=O) groups excluding carboxylic acids is 1. The van der Waals surface area contributed by atoms with E-state index in [1.807, 2.05) is 55.5 Å². The standard InChI is InChI=1S/C19H17ClN2O/c1-13-16(20)9-8-15-17(11-12-21-19(13)15)22-18(23)10-7-14-5-3-2-4-6-14/h2-6,8-9,11-12H,7,10H2,1H3,(H,21,22,23). The van der Waals surface area contributed by atoms with Crippen molar-refractivity contribution in [3.8, 4) is 0 Å². The maximum Gasteiger partial charge on any atom is 0.224 e. The number of fused-ring (bicyclic) bond motifs is 1. The average Bonchev–Trinajstić information content (AvgIpc) is 2.58. The van der Waals surface area contributed by atoms with Crippen LogP contribution in [0.25, 0.3) is 10.9 Å². The Balaban J connectivity index is 1.76. The molecular formula is C19H17ClN2O. The molecule has 1 N–H and O–H groups in total. The lowest BCUT2D eigenvalue weighted by Crippen LogP contribution is -2.12. The normalized spacial score (nSPS) is 10.7. The predicted octanol–water partition coefficient (Wildman–Crippen LogP) is 4.77. The quantitative estimate of drug-likeness (QED) is 0.751. The first kappa shape index (κ1) is 15.5. The summed E-state index contributed by atoms with van der Waals surface area (Å²) in [6.07, 6.45) is 2.86. The molecule has 1 heterocycles. The maximum atomic E-state index is 12.2. The summed E-state index contributed by atoms with van der Waals surface area (Å²) >= 11 is 6.14. The van der Waals surface area contributed by atoms with Gasteiger partial charge in [0.1, 0.15) is 0 Å². The summed E-state index contributed by atoms with van der Waals surface area (Å²) in [7, 11) is 0. The predicted molar refractivity (Wildman–Crippen MR) is 94.9 cm³/mol. The van der Waals surface area contributed by atoms with Gasteiger partial charge in [-0.1, -0.05) is 41.9 Å². The van der Waals surface area contributed by atoms with Crippen molar-refractivity contribution in [3.63, 3.8) is 0 Å². The maximum absolute atomic E-state index is 12.2. The summed E-state index contributed by atoms with van der Waals surface area (Å²) < 4.78 is 0. The van der Waals surface area contributed by atoms with Gasteiger partial charge in [-0.25, -0.2) is 0 Å². The highest BCUT2D eigenvalue weighted by molar-refractivity contribution is 6.32. The van der Waals surface area contributed by atoms with Gasteiger partial charge in [0, 0.05) is 23.0 Å². The first-order chi connectivity index (χ1) is 11.1. The van der Waals surface area contributed by atoms with Crippen molar-refractivity contribution in [2.75, 3.05) is 5.32 Å². The van der Waals surface area contributed by atoms with Gasteiger partial charge in [-0.2, -0.15) is 0 Å². The second-order valence-electron chi connectivity index (χ2n) is 5.46. The minimum atomic E-state index is -0.00560. The van der Waals surface area contributed by atoms with Crippen LogP contribution in [-0.4, -0.2) is 10.9 Å². The van der Waals surface area contributed by atoms with E-state index in [1.165, 1.54) is 0 Å². The van der Waals surface area contributed by atoms with E-state index in [0.717, 1.165) is 34.1 Å². The number of amides is 1. The van der Waals surface area contributed by atoms with E-state index in [-0.39, 0.29) is 5.91 Å². The molecule has 1 aromatic heterocycles. The van der Waals surface area contributed by atoms with Gasteiger partial charge in [0.15, 0.2) is 0 Å². The molecule has 0 atom stereocenters. The van der Waals surface area contributed by atoms with E-state index < -0.39 is 0 Å². The Hall–Kier alpha value is -2.39. The molecule has 0 aliphatic rings. The highest BCUT2D eigenvalue weighted by Gasteiger charge is 2.09. The summed E-state index contributed by atoms with van der Waals surface area (Å²) in [5.74, 6) is -0.00560. The second-order valence-corrected chi connectivity index (χ2v) is 5.87. The summed E-state index contributed by atoms with van der Waals surface area (Å²) in [5.41, 5.74) is 3.67. The van der Waals surface area contributed by atoms with Crippen molar-refractivity contribution in [1.82, 2.24) is 4.98 Å². The van der Waals surface area contributed by atoms with E-state index in [9.17, 15) is 4.79 Å². The van der Waals surface area contributed by atoms with Crippen LogP contribution >= 0.6 is 11.6 Å². The lowest BCUT2D eigenvalue weighted by atomic mass is 10.1. The fourth-order valence-corrected chi connectivity index (χ4v) is 2.71. The molecule has 116 valence electrons. The molecule has 0 aliphatic heterocycles. The van der Waals surface area contributed by atoms with Gasteiger partial charge in [-0.15, -0.1) is 0 Å². The number of hydrogen-bond acceptors (Lipinski definition) is 2. The number of nitrogens with one attached hydrogen (secondary N) is 1. The summed E-state index contributed by atoms with van der Waals surface area (Å²) in [6.45, 7) is 1.93. The highest BCUT2D eigenvalue weighted by Crippen LogP contribution is 2.28. The highest BCUT2D eigenvalue weighted by atomic mass is 35.5. The zero-order valence-corrected chi connectivity index (χ0v) is 13.6. The third kappa shape index (κ3) is 3.51. The van der Waals surface area contributed by atoms with Crippen LogP contribution in [0.2, 0.25) is 5.02 Å².